The van der Waals surface area contributed by atoms with Crippen molar-refractivity contribution in [2.75, 3.05) is 17.2 Å². The Morgan fingerprint density at radius 2 is 1.89 bits per heavy atom. The highest BCUT2D eigenvalue weighted by molar-refractivity contribution is 6.02. The first-order chi connectivity index (χ1) is 18.6. The number of furan rings is 1. The molecular formula is C30H25FN4O3. The van der Waals surface area contributed by atoms with Crippen LogP contribution in [0, 0.1) is 5.82 Å². The largest absolute Gasteiger partial charge is 0.445 e. The van der Waals surface area contributed by atoms with Crippen LogP contribution >= 0.6 is 0 Å². The third-order valence-electron chi connectivity index (χ3n) is 5.95. The van der Waals surface area contributed by atoms with Gasteiger partial charge in [-0.2, -0.15) is 0 Å². The van der Waals surface area contributed by atoms with Crippen LogP contribution in [0.15, 0.2) is 109 Å². The van der Waals surface area contributed by atoms with Crippen LogP contribution < -0.4 is 10.6 Å². The molecule has 0 aliphatic rings. The minimum Gasteiger partial charge on any atom is -0.445 e. The van der Waals surface area contributed by atoms with Gasteiger partial charge in [-0.15, -0.1) is 0 Å². The van der Waals surface area contributed by atoms with E-state index in [1.807, 2.05) is 54.6 Å². The predicted molar refractivity (Wildman–Crippen MR) is 145 cm³/mol. The van der Waals surface area contributed by atoms with Crippen molar-refractivity contribution in [2.24, 2.45) is 0 Å². The summed E-state index contributed by atoms with van der Waals surface area (Å²) in [4.78, 5) is 20.6. The van der Waals surface area contributed by atoms with Crippen molar-refractivity contribution >= 4 is 28.5 Å². The molecule has 0 bridgehead atoms. The number of carbonyl (C=O) groups is 1. The number of ether oxygens (including phenoxy) is 1. The Morgan fingerprint density at radius 1 is 1.05 bits per heavy atom. The molecule has 0 spiro atoms. The predicted octanol–water partition coefficient (Wildman–Crippen LogP) is 6.52. The number of halogens is 1. The molecule has 1 amide bonds. The molecule has 0 saturated heterocycles. The zero-order valence-corrected chi connectivity index (χ0v) is 20.4. The fraction of sp³-hybridized carbons (Fsp3) is 0.100. The molecule has 7 nitrogen and oxygen atoms in total. The van der Waals surface area contributed by atoms with Crippen molar-refractivity contribution < 1.29 is 18.3 Å². The van der Waals surface area contributed by atoms with E-state index in [9.17, 15) is 9.18 Å². The third-order valence-corrected chi connectivity index (χ3v) is 5.95. The van der Waals surface area contributed by atoms with Crippen molar-refractivity contribution in [1.29, 1.82) is 0 Å². The fourth-order valence-electron chi connectivity index (χ4n) is 4.15. The van der Waals surface area contributed by atoms with Gasteiger partial charge in [0.1, 0.15) is 24.2 Å². The average molecular weight is 509 g/mol. The molecule has 2 aromatic heterocycles. The Balaban J connectivity index is 1.44. The summed E-state index contributed by atoms with van der Waals surface area (Å²) in [5.74, 6) is -0.0239. The maximum atomic E-state index is 13.6. The molecule has 5 rings (SSSR count). The molecule has 3 aromatic carbocycles. The number of rotatable bonds is 10. The van der Waals surface area contributed by atoms with Gasteiger partial charge >= 0.3 is 0 Å². The normalized spacial score (nSPS) is 11.7. The minimum atomic E-state index is -0.298. The van der Waals surface area contributed by atoms with E-state index in [2.05, 4.69) is 27.2 Å². The number of benzene rings is 3. The first-order valence-electron chi connectivity index (χ1n) is 12.0. The number of aromatic nitrogens is 2. The number of carbonyl (C=O) groups excluding carboxylic acids is 1. The van der Waals surface area contributed by atoms with E-state index in [0.29, 0.717) is 29.2 Å². The highest BCUT2D eigenvalue weighted by atomic mass is 19.1. The molecule has 190 valence electrons. The molecule has 0 fully saturated rings. The van der Waals surface area contributed by atoms with Crippen LogP contribution in [-0.4, -0.2) is 22.5 Å². The van der Waals surface area contributed by atoms with Crippen LogP contribution in [0.4, 0.5) is 15.9 Å². The molecule has 8 heteroatoms. The van der Waals surface area contributed by atoms with Gasteiger partial charge in [-0.1, -0.05) is 61.2 Å². The molecule has 0 unspecified atom stereocenters. The van der Waals surface area contributed by atoms with Crippen molar-refractivity contribution in [1.82, 2.24) is 9.97 Å². The summed E-state index contributed by atoms with van der Waals surface area (Å²) < 4.78 is 25.3. The first-order valence-corrected chi connectivity index (χ1v) is 12.0. The molecule has 0 saturated carbocycles. The quantitative estimate of drug-likeness (QED) is 0.209. The van der Waals surface area contributed by atoms with Crippen LogP contribution in [0.3, 0.4) is 0 Å². The monoisotopic (exact) mass is 508 g/mol. The summed E-state index contributed by atoms with van der Waals surface area (Å²) in [6.45, 7) is 4.07. The SMILES string of the molecule is C=CC(=O)Nc1cccc(-c2coc3ncnc(N[C@H](COCc4cccc(F)c4)c4ccccc4)c23)c1. The summed E-state index contributed by atoms with van der Waals surface area (Å²) in [5.41, 5.74) is 4.39. The Labute approximate surface area is 219 Å². The van der Waals surface area contributed by atoms with E-state index in [1.165, 1.54) is 24.5 Å². The zero-order valence-electron chi connectivity index (χ0n) is 20.4. The number of fused-ring (bicyclic) bond motifs is 1. The highest BCUT2D eigenvalue weighted by Crippen LogP contribution is 2.36. The molecular weight excluding hydrogens is 483 g/mol. The smallest absolute Gasteiger partial charge is 0.247 e. The molecule has 0 aliphatic carbocycles. The molecule has 2 heterocycles. The van der Waals surface area contributed by atoms with Gasteiger partial charge in [-0.3, -0.25) is 4.79 Å². The lowest BCUT2D eigenvalue weighted by Crippen LogP contribution is -2.18. The van der Waals surface area contributed by atoms with Crippen LogP contribution in [-0.2, 0) is 16.1 Å². The van der Waals surface area contributed by atoms with E-state index >= 15 is 0 Å². The standard InChI is InChI=1S/C30H25FN4O3/c1-2-27(36)34-24-13-7-11-22(15-24)25-17-38-30-28(25)29(32-19-33-30)35-26(21-9-4-3-5-10-21)18-37-16-20-8-6-12-23(31)14-20/h2-15,17,19,26H,1,16,18H2,(H,34,36)(H,32,33,35)/t26-/m1/s1. The van der Waals surface area contributed by atoms with Gasteiger partial charge in [0.25, 0.3) is 0 Å². The van der Waals surface area contributed by atoms with E-state index in [-0.39, 0.29) is 24.4 Å². The number of hydrogen-bond acceptors (Lipinski definition) is 6. The van der Waals surface area contributed by atoms with Gasteiger partial charge in [0.05, 0.1) is 24.6 Å². The minimum absolute atomic E-state index is 0.260. The number of nitrogens with zero attached hydrogens (tertiary/aromatic N) is 2. The first kappa shape index (κ1) is 24.9. The molecule has 1 atom stereocenters. The van der Waals surface area contributed by atoms with Crippen LogP contribution in [0.2, 0.25) is 0 Å². The van der Waals surface area contributed by atoms with E-state index in [1.54, 1.807) is 18.4 Å². The number of amides is 1. The van der Waals surface area contributed by atoms with Crippen molar-refractivity contribution in [3.8, 4) is 11.1 Å². The molecule has 2 N–H and O–H groups in total. The lowest BCUT2D eigenvalue weighted by Gasteiger charge is -2.20. The number of nitrogens with one attached hydrogen (secondary N) is 2. The maximum absolute atomic E-state index is 13.6. The van der Waals surface area contributed by atoms with E-state index < -0.39 is 0 Å². The van der Waals surface area contributed by atoms with Gasteiger partial charge in [0.2, 0.25) is 11.6 Å². The van der Waals surface area contributed by atoms with Gasteiger partial charge in [0.15, 0.2) is 0 Å². The maximum Gasteiger partial charge on any atom is 0.247 e. The van der Waals surface area contributed by atoms with Crippen LogP contribution in [0.25, 0.3) is 22.2 Å². The number of hydrogen-bond donors (Lipinski definition) is 2. The lowest BCUT2D eigenvalue weighted by molar-refractivity contribution is -0.111. The third kappa shape index (κ3) is 5.77. The van der Waals surface area contributed by atoms with Gasteiger partial charge in [0, 0.05) is 11.3 Å². The topological polar surface area (TPSA) is 89.3 Å². The second-order valence-electron chi connectivity index (χ2n) is 8.58. The van der Waals surface area contributed by atoms with E-state index in [0.717, 1.165) is 22.3 Å². The lowest BCUT2D eigenvalue weighted by atomic mass is 10.0. The van der Waals surface area contributed by atoms with Gasteiger partial charge < -0.3 is 19.8 Å². The highest BCUT2D eigenvalue weighted by Gasteiger charge is 2.19. The molecule has 38 heavy (non-hydrogen) atoms. The van der Waals surface area contributed by atoms with Crippen molar-refractivity contribution in [3.05, 3.63) is 121 Å². The van der Waals surface area contributed by atoms with Crippen LogP contribution in [0.1, 0.15) is 17.2 Å². The molecule has 5 aromatic rings. The molecule has 0 aliphatic heterocycles. The Morgan fingerprint density at radius 3 is 2.71 bits per heavy atom. The van der Waals surface area contributed by atoms with Gasteiger partial charge in [-0.05, 0) is 47.0 Å². The fourth-order valence-corrected chi connectivity index (χ4v) is 4.15. The molecule has 0 radical (unpaired) electrons. The summed E-state index contributed by atoms with van der Waals surface area (Å²) in [6, 6.07) is 23.4. The van der Waals surface area contributed by atoms with E-state index in [4.69, 9.17) is 9.15 Å². The second kappa shape index (κ2) is 11.5. The van der Waals surface area contributed by atoms with Gasteiger partial charge in [-0.25, -0.2) is 14.4 Å². The second-order valence-corrected chi connectivity index (χ2v) is 8.58. The zero-order chi connectivity index (χ0) is 26.3. The van der Waals surface area contributed by atoms with Crippen molar-refractivity contribution in [3.63, 3.8) is 0 Å². The summed E-state index contributed by atoms with van der Waals surface area (Å²) >= 11 is 0. The number of anilines is 2. The van der Waals surface area contributed by atoms with Crippen molar-refractivity contribution in [2.45, 2.75) is 12.6 Å². The summed E-state index contributed by atoms with van der Waals surface area (Å²) in [7, 11) is 0. The Hall–Kier alpha value is -4.82. The Bertz CT molecular complexity index is 1570. The van der Waals surface area contributed by atoms with Crippen LogP contribution in [0.5, 0.6) is 0 Å². The average Bonchev–Trinajstić information content (AvgIpc) is 3.38. The summed E-state index contributed by atoms with van der Waals surface area (Å²) in [6.07, 6.45) is 4.28. The summed E-state index contributed by atoms with van der Waals surface area (Å²) in [5, 5.41) is 6.97. The Kier molecular flexibility index (Phi) is 7.52.